The first-order valence-corrected chi connectivity index (χ1v) is 9.14. The summed E-state index contributed by atoms with van der Waals surface area (Å²) >= 11 is 5.89. The van der Waals surface area contributed by atoms with E-state index in [1.165, 1.54) is 22.5 Å². The molecule has 126 valence electrons. The minimum Gasteiger partial charge on any atom is -0.347 e. The molecular weight excluding hydrogens is 350 g/mol. The third-order valence-electron chi connectivity index (χ3n) is 4.14. The van der Waals surface area contributed by atoms with E-state index >= 15 is 0 Å². The third-order valence-corrected chi connectivity index (χ3v) is 6.33. The summed E-state index contributed by atoms with van der Waals surface area (Å²) in [4.78, 5) is 9.42. The lowest BCUT2D eigenvalue weighted by Crippen LogP contribution is -2.49. The molecule has 0 saturated carbocycles. The molecule has 1 atom stereocenters. The Balaban J connectivity index is 1.91. The minimum absolute atomic E-state index is 0.0752. The Bertz CT molecular complexity index is 876. The van der Waals surface area contributed by atoms with Crippen LogP contribution < -0.4 is 0 Å². The number of aromatic amines is 1. The monoisotopic (exact) mass is 365 g/mol. The predicted molar refractivity (Wildman–Crippen MR) is 88.9 cm³/mol. The fourth-order valence-electron chi connectivity index (χ4n) is 2.72. The Morgan fingerprint density at radius 2 is 2.21 bits per heavy atom. The van der Waals surface area contributed by atoms with E-state index in [4.69, 9.17) is 16.9 Å². The second-order valence-electron chi connectivity index (χ2n) is 5.59. The number of H-pyrrole nitrogens is 1. The fraction of sp³-hybridized carbons (Fsp3) is 0.333. The first-order valence-electron chi connectivity index (χ1n) is 7.33. The molecule has 1 fully saturated rings. The maximum absolute atomic E-state index is 12.9. The van der Waals surface area contributed by atoms with Crippen LogP contribution >= 0.6 is 11.6 Å². The van der Waals surface area contributed by atoms with Gasteiger partial charge in [0.05, 0.1) is 21.5 Å². The van der Waals surface area contributed by atoms with Crippen LogP contribution in [-0.2, 0) is 10.0 Å². The number of nitriles is 1. The Kier molecular flexibility index (Phi) is 4.60. The zero-order chi connectivity index (χ0) is 17.3. The van der Waals surface area contributed by atoms with Crippen molar-refractivity contribution in [1.82, 2.24) is 19.2 Å². The van der Waals surface area contributed by atoms with Gasteiger partial charge in [0.25, 0.3) is 0 Å². The minimum atomic E-state index is -3.70. The normalized spacial score (nSPS) is 20.0. The van der Waals surface area contributed by atoms with Crippen molar-refractivity contribution in [3.05, 3.63) is 47.0 Å². The lowest BCUT2D eigenvalue weighted by molar-refractivity contribution is 0.142. The summed E-state index contributed by atoms with van der Waals surface area (Å²) in [7, 11) is -1.77. The number of piperazine rings is 1. The van der Waals surface area contributed by atoms with Crippen LogP contribution in [0, 0.1) is 11.3 Å². The van der Waals surface area contributed by atoms with E-state index in [2.05, 4.69) is 14.9 Å². The van der Waals surface area contributed by atoms with E-state index < -0.39 is 10.0 Å². The molecule has 1 aromatic carbocycles. The molecule has 0 spiro atoms. The van der Waals surface area contributed by atoms with E-state index in [0.717, 1.165) is 5.82 Å². The van der Waals surface area contributed by atoms with Crippen molar-refractivity contribution in [1.29, 1.82) is 5.26 Å². The quantitative estimate of drug-likeness (QED) is 0.891. The number of nitrogens with one attached hydrogen (secondary N) is 1. The van der Waals surface area contributed by atoms with Crippen molar-refractivity contribution in [2.75, 3.05) is 26.7 Å². The first kappa shape index (κ1) is 16.9. The average molecular weight is 366 g/mol. The molecular formula is C15H16ClN5O2S. The topological polar surface area (TPSA) is 93.1 Å². The molecule has 1 saturated heterocycles. The number of nitrogens with zero attached hydrogens (tertiary/aromatic N) is 4. The van der Waals surface area contributed by atoms with Gasteiger partial charge in [0.15, 0.2) is 0 Å². The number of hydrogen-bond acceptors (Lipinski definition) is 5. The zero-order valence-electron chi connectivity index (χ0n) is 13.0. The standard InChI is InChI=1S/C15H16ClN5O2S/c1-20-6-7-21(10-14(20)15-18-4-5-19-15)24(22,23)12-2-3-13(16)11(8-12)9-17/h2-5,8,14H,6-7,10H2,1H3,(H,18,19)/t14-/m1/s1. The van der Waals surface area contributed by atoms with Gasteiger partial charge in [-0.2, -0.15) is 9.57 Å². The van der Waals surface area contributed by atoms with Crippen LogP contribution in [-0.4, -0.2) is 54.3 Å². The molecule has 1 aliphatic heterocycles. The number of imidazole rings is 1. The van der Waals surface area contributed by atoms with Crippen molar-refractivity contribution in [2.24, 2.45) is 0 Å². The molecule has 1 N–H and O–H groups in total. The van der Waals surface area contributed by atoms with Gasteiger partial charge in [0.1, 0.15) is 11.9 Å². The molecule has 1 aromatic heterocycles. The molecule has 2 aromatic rings. The van der Waals surface area contributed by atoms with Gasteiger partial charge >= 0.3 is 0 Å². The third kappa shape index (κ3) is 3.03. The van der Waals surface area contributed by atoms with Crippen LogP contribution in [0.15, 0.2) is 35.5 Å². The maximum Gasteiger partial charge on any atom is 0.243 e. The molecule has 0 amide bonds. The molecule has 9 heteroatoms. The van der Waals surface area contributed by atoms with Crippen molar-refractivity contribution < 1.29 is 8.42 Å². The number of rotatable bonds is 3. The van der Waals surface area contributed by atoms with E-state index in [1.807, 2.05) is 13.1 Å². The second-order valence-corrected chi connectivity index (χ2v) is 7.93. The van der Waals surface area contributed by atoms with Crippen LogP contribution in [0.5, 0.6) is 0 Å². The molecule has 24 heavy (non-hydrogen) atoms. The Hall–Kier alpha value is -1.92. The van der Waals surface area contributed by atoms with E-state index in [9.17, 15) is 8.42 Å². The predicted octanol–water partition coefficient (Wildman–Crippen LogP) is 1.61. The van der Waals surface area contributed by atoms with Gasteiger partial charge in [-0.1, -0.05) is 11.6 Å². The summed E-state index contributed by atoms with van der Waals surface area (Å²) < 4.78 is 27.2. The highest BCUT2D eigenvalue weighted by Gasteiger charge is 2.34. The molecule has 0 aliphatic carbocycles. The number of aromatic nitrogens is 2. The van der Waals surface area contributed by atoms with Gasteiger partial charge in [-0.3, -0.25) is 4.90 Å². The maximum atomic E-state index is 12.9. The molecule has 0 bridgehead atoms. The highest BCUT2D eigenvalue weighted by atomic mass is 35.5. The summed E-state index contributed by atoms with van der Waals surface area (Å²) in [6.07, 6.45) is 3.37. The van der Waals surface area contributed by atoms with Crippen molar-refractivity contribution in [3.63, 3.8) is 0 Å². The highest BCUT2D eigenvalue weighted by Crippen LogP contribution is 2.27. The Morgan fingerprint density at radius 3 is 2.88 bits per heavy atom. The van der Waals surface area contributed by atoms with Gasteiger partial charge in [0, 0.05) is 32.0 Å². The van der Waals surface area contributed by atoms with Gasteiger partial charge in [0.2, 0.25) is 10.0 Å². The van der Waals surface area contributed by atoms with Crippen LogP contribution in [0.3, 0.4) is 0 Å². The largest absolute Gasteiger partial charge is 0.347 e. The number of likely N-dealkylation sites (N-methyl/N-ethyl adjacent to an activating group) is 1. The van der Waals surface area contributed by atoms with Gasteiger partial charge in [-0.15, -0.1) is 0 Å². The first-order chi connectivity index (χ1) is 11.4. The lowest BCUT2D eigenvalue weighted by Gasteiger charge is -2.37. The number of sulfonamides is 1. The van der Waals surface area contributed by atoms with Gasteiger partial charge in [-0.05, 0) is 25.2 Å². The van der Waals surface area contributed by atoms with Crippen molar-refractivity contribution >= 4 is 21.6 Å². The van der Waals surface area contributed by atoms with Gasteiger partial charge in [-0.25, -0.2) is 13.4 Å². The molecule has 2 heterocycles. The fourth-order valence-corrected chi connectivity index (χ4v) is 4.35. The molecule has 7 nitrogen and oxygen atoms in total. The van der Waals surface area contributed by atoms with Crippen LogP contribution in [0.25, 0.3) is 0 Å². The number of hydrogen-bond donors (Lipinski definition) is 1. The Labute approximate surface area is 145 Å². The van der Waals surface area contributed by atoms with Crippen LogP contribution in [0.2, 0.25) is 5.02 Å². The SMILES string of the molecule is CN1CCN(S(=O)(=O)c2ccc(Cl)c(C#N)c2)C[C@@H]1c1ncc[nH]1. The number of benzene rings is 1. The summed E-state index contributed by atoms with van der Waals surface area (Å²) in [5.74, 6) is 0.728. The van der Waals surface area contributed by atoms with Gasteiger partial charge < -0.3 is 4.98 Å². The van der Waals surface area contributed by atoms with E-state index in [1.54, 1.807) is 12.4 Å². The van der Waals surface area contributed by atoms with Crippen LogP contribution in [0.1, 0.15) is 17.4 Å². The van der Waals surface area contributed by atoms with Crippen molar-refractivity contribution in [3.8, 4) is 6.07 Å². The zero-order valence-corrected chi connectivity index (χ0v) is 14.5. The van der Waals surface area contributed by atoms with Crippen LogP contribution in [0.4, 0.5) is 0 Å². The number of halogens is 1. The molecule has 3 rings (SSSR count). The highest BCUT2D eigenvalue weighted by molar-refractivity contribution is 7.89. The lowest BCUT2D eigenvalue weighted by atomic mass is 10.2. The van der Waals surface area contributed by atoms with E-state index in [-0.39, 0.29) is 28.1 Å². The second kappa shape index (κ2) is 6.53. The van der Waals surface area contributed by atoms with Crippen molar-refractivity contribution in [2.45, 2.75) is 10.9 Å². The van der Waals surface area contributed by atoms with E-state index in [0.29, 0.717) is 13.1 Å². The molecule has 0 unspecified atom stereocenters. The summed E-state index contributed by atoms with van der Waals surface area (Å²) in [6, 6.07) is 5.95. The smallest absolute Gasteiger partial charge is 0.243 e. The summed E-state index contributed by atoms with van der Waals surface area (Å²) in [6.45, 7) is 1.25. The summed E-state index contributed by atoms with van der Waals surface area (Å²) in [5.41, 5.74) is 0.148. The molecule has 1 aliphatic rings. The molecule has 0 radical (unpaired) electrons. The average Bonchev–Trinajstić information content (AvgIpc) is 3.09. The summed E-state index contributed by atoms with van der Waals surface area (Å²) in [5, 5.41) is 9.30. The Morgan fingerprint density at radius 1 is 1.42 bits per heavy atom.